The fraction of sp³-hybridized carbons (Fsp3) is 0.600. The summed E-state index contributed by atoms with van der Waals surface area (Å²) < 4.78 is 17.6. The molecule has 0 aliphatic carbocycles. The standard InChI is InChI=1S/C30H42N4O5/c1-30(2)21-34(20-24(35)19-33-13-10-22-6-4-5-7-23(22)18-33)29(36)26-8-9-27(31-28(26)39-30)38-25-11-14-32(15-12-25)16-17-37-3/h4-9,24-25,35H,10-21H2,1-3H3. The molecule has 39 heavy (non-hydrogen) atoms. The smallest absolute Gasteiger partial charge is 0.259 e. The number of aliphatic hydroxyl groups excluding tert-OH is 1. The van der Waals surface area contributed by atoms with E-state index in [0.717, 1.165) is 58.6 Å². The van der Waals surface area contributed by atoms with E-state index in [9.17, 15) is 9.90 Å². The Labute approximate surface area is 231 Å². The van der Waals surface area contributed by atoms with Gasteiger partial charge in [0.1, 0.15) is 17.3 Å². The number of benzene rings is 1. The van der Waals surface area contributed by atoms with Crippen LogP contribution in [0.3, 0.4) is 0 Å². The molecule has 1 amide bonds. The number of aromatic nitrogens is 1. The largest absolute Gasteiger partial charge is 0.474 e. The van der Waals surface area contributed by atoms with Crippen molar-refractivity contribution in [2.24, 2.45) is 0 Å². The first kappa shape index (κ1) is 27.8. The number of rotatable bonds is 9. The van der Waals surface area contributed by atoms with Crippen molar-refractivity contribution in [3.8, 4) is 11.8 Å². The van der Waals surface area contributed by atoms with Crippen LogP contribution in [0.5, 0.6) is 11.8 Å². The third kappa shape index (κ3) is 7.08. The van der Waals surface area contributed by atoms with Gasteiger partial charge < -0.3 is 29.1 Å². The van der Waals surface area contributed by atoms with Gasteiger partial charge >= 0.3 is 0 Å². The molecule has 0 radical (unpaired) electrons. The fourth-order valence-electron chi connectivity index (χ4n) is 5.83. The minimum absolute atomic E-state index is 0.0808. The second-order valence-electron chi connectivity index (χ2n) is 11.6. The number of nitrogens with zero attached hydrogens (tertiary/aromatic N) is 4. The van der Waals surface area contributed by atoms with Gasteiger partial charge in [0.2, 0.25) is 11.8 Å². The van der Waals surface area contributed by atoms with E-state index in [-0.39, 0.29) is 18.6 Å². The molecule has 1 aromatic heterocycles. The van der Waals surface area contributed by atoms with Gasteiger partial charge in [-0.25, -0.2) is 0 Å². The van der Waals surface area contributed by atoms with Crippen molar-refractivity contribution in [2.75, 3.05) is 59.5 Å². The lowest BCUT2D eigenvalue weighted by atomic mass is 9.99. The van der Waals surface area contributed by atoms with E-state index in [2.05, 4.69) is 39.0 Å². The molecule has 3 aliphatic rings. The van der Waals surface area contributed by atoms with Gasteiger partial charge in [0.15, 0.2) is 0 Å². The van der Waals surface area contributed by atoms with Crippen LogP contribution in [0.2, 0.25) is 0 Å². The summed E-state index contributed by atoms with van der Waals surface area (Å²) in [5.41, 5.74) is 2.43. The van der Waals surface area contributed by atoms with Crippen molar-refractivity contribution in [1.82, 2.24) is 19.7 Å². The number of methoxy groups -OCH3 is 1. The zero-order valence-electron chi connectivity index (χ0n) is 23.5. The van der Waals surface area contributed by atoms with Crippen molar-refractivity contribution in [1.29, 1.82) is 0 Å². The fourth-order valence-corrected chi connectivity index (χ4v) is 5.83. The highest BCUT2D eigenvalue weighted by Crippen LogP contribution is 2.31. The molecule has 5 rings (SSSR count). The van der Waals surface area contributed by atoms with Gasteiger partial charge in [0.05, 0.1) is 19.3 Å². The second kappa shape index (κ2) is 12.2. The van der Waals surface area contributed by atoms with E-state index in [1.54, 1.807) is 24.1 Å². The number of carbonyl (C=O) groups excluding carboxylic acids is 1. The van der Waals surface area contributed by atoms with Crippen molar-refractivity contribution in [3.05, 3.63) is 53.1 Å². The van der Waals surface area contributed by atoms with Crippen LogP contribution in [-0.2, 0) is 17.7 Å². The average Bonchev–Trinajstić information content (AvgIpc) is 3.00. The molecule has 1 unspecified atom stereocenters. The number of hydrogen-bond donors (Lipinski definition) is 1. The lowest BCUT2D eigenvalue weighted by molar-refractivity contribution is 0.0274. The van der Waals surface area contributed by atoms with Crippen molar-refractivity contribution in [3.63, 3.8) is 0 Å². The Bertz CT molecular complexity index is 1130. The summed E-state index contributed by atoms with van der Waals surface area (Å²) in [6.45, 7) is 10.3. The molecule has 0 bridgehead atoms. The highest BCUT2D eigenvalue weighted by atomic mass is 16.5. The molecule has 0 spiro atoms. The first-order valence-electron chi connectivity index (χ1n) is 14.1. The number of ether oxygens (including phenoxy) is 3. The van der Waals surface area contributed by atoms with E-state index in [1.165, 1.54) is 11.1 Å². The van der Waals surface area contributed by atoms with E-state index in [4.69, 9.17) is 14.2 Å². The Balaban J connectivity index is 1.20. The van der Waals surface area contributed by atoms with Crippen LogP contribution >= 0.6 is 0 Å². The van der Waals surface area contributed by atoms with Crippen LogP contribution in [0.1, 0.15) is 48.2 Å². The van der Waals surface area contributed by atoms with Crippen LogP contribution in [-0.4, -0.2) is 108 Å². The van der Waals surface area contributed by atoms with Crippen molar-refractivity contribution in [2.45, 2.75) is 57.5 Å². The molecule has 3 aliphatic heterocycles. The average molecular weight is 539 g/mol. The molecular weight excluding hydrogens is 496 g/mol. The third-order valence-electron chi connectivity index (χ3n) is 7.84. The maximum absolute atomic E-state index is 13.6. The summed E-state index contributed by atoms with van der Waals surface area (Å²) in [4.78, 5) is 24.5. The SMILES string of the molecule is COCCN1CCC(Oc2ccc3c(n2)OC(C)(C)CN(CC(O)CN2CCc4ccccc4C2)C3=O)CC1. The molecule has 1 aromatic carbocycles. The zero-order chi connectivity index (χ0) is 27.4. The molecular formula is C30H42N4O5. The minimum Gasteiger partial charge on any atom is -0.474 e. The third-order valence-corrected chi connectivity index (χ3v) is 7.84. The number of hydrogen-bond acceptors (Lipinski definition) is 8. The number of fused-ring (bicyclic) bond motifs is 2. The molecule has 9 heteroatoms. The van der Waals surface area contributed by atoms with Gasteiger partial charge in [-0.3, -0.25) is 9.69 Å². The van der Waals surface area contributed by atoms with Crippen LogP contribution < -0.4 is 9.47 Å². The van der Waals surface area contributed by atoms with E-state index in [0.29, 0.717) is 30.4 Å². The quantitative estimate of drug-likeness (QED) is 0.522. The Hall–Kier alpha value is -2.72. The van der Waals surface area contributed by atoms with Gasteiger partial charge in [-0.2, -0.15) is 4.98 Å². The lowest BCUT2D eigenvalue weighted by Crippen LogP contribution is -2.48. The van der Waals surface area contributed by atoms with Gasteiger partial charge in [0.25, 0.3) is 5.91 Å². The normalized spacial score (nSPS) is 21.0. The van der Waals surface area contributed by atoms with Gasteiger partial charge in [-0.1, -0.05) is 24.3 Å². The molecule has 1 fully saturated rings. The number of β-amino-alcohol motifs (C(OH)–C–C–N with tert-alkyl or cyclic N) is 1. The molecule has 4 heterocycles. The Morgan fingerprint density at radius 3 is 2.62 bits per heavy atom. The Morgan fingerprint density at radius 1 is 1.08 bits per heavy atom. The second-order valence-corrected chi connectivity index (χ2v) is 11.6. The number of likely N-dealkylation sites (tertiary alicyclic amines) is 1. The molecule has 1 saturated heterocycles. The Morgan fingerprint density at radius 2 is 1.85 bits per heavy atom. The lowest BCUT2D eigenvalue weighted by Gasteiger charge is -2.33. The summed E-state index contributed by atoms with van der Waals surface area (Å²) in [6.07, 6.45) is 2.23. The number of aliphatic hydroxyl groups is 1. The summed E-state index contributed by atoms with van der Waals surface area (Å²) >= 11 is 0. The van der Waals surface area contributed by atoms with Crippen molar-refractivity contribution < 1.29 is 24.1 Å². The zero-order valence-corrected chi connectivity index (χ0v) is 23.5. The molecule has 212 valence electrons. The number of carbonyl (C=O) groups is 1. The summed E-state index contributed by atoms with van der Waals surface area (Å²) in [6, 6.07) is 12.0. The van der Waals surface area contributed by atoms with Crippen LogP contribution in [0.25, 0.3) is 0 Å². The maximum Gasteiger partial charge on any atom is 0.259 e. The molecule has 2 aromatic rings. The first-order valence-corrected chi connectivity index (χ1v) is 14.1. The van der Waals surface area contributed by atoms with Gasteiger partial charge in [-0.15, -0.1) is 0 Å². The number of amides is 1. The van der Waals surface area contributed by atoms with E-state index < -0.39 is 11.7 Å². The summed E-state index contributed by atoms with van der Waals surface area (Å²) in [7, 11) is 1.73. The van der Waals surface area contributed by atoms with E-state index >= 15 is 0 Å². The molecule has 0 saturated carbocycles. The topological polar surface area (TPSA) is 87.6 Å². The minimum atomic E-state index is -0.665. The number of pyridine rings is 1. The summed E-state index contributed by atoms with van der Waals surface area (Å²) in [5.74, 6) is 0.598. The van der Waals surface area contributed by atoms with Gasteiger partial charge in [-0.05, 0) is 50.3 Å². The number of piperidine rings is 1. The molecule has 1 N–H and O–H groups in total. The van der Waals surface area contributed by atoms with E-state index in [1.807, 2.05) is 13.8 Å². The predicted molar refractivity (Wildman–Crippen MR) is 148 cm³/mol. The Kier molecular flexibility index (Phi) is 8.71. The highest BCUT2D eigenvalue weighted by molar-refractivity contribution is 5.97. The maximum atomic E-state index is 13.6. The monoisotopic (exact) mass is 538 g/mol. The molecule has 9 nitrogen and oxygen atoms in total. The molecule has 1 atom stereocenters. The highest BCUT2D eigenvalue weighted by Gasteiger charge is 2.36. The van der Waals surface area contributed by atoms with Crippen LogP contribution in [0.15, 0.2) is 36.4 Å². The predicted octanol–water partition coefficient (Wildman–Crippen LogP) is 2.60. The van der Waals surface area contributed by atoms with Gasteiger partial charge in [0, 0.05) is 59.0 Å². The van der Waals surface area contributed by atoms with Crippen LogP contribution in [0.4, 0.5) is 0 Å². The van der Waals surface area contributed by atoms with Crippen molar-refractivity contribution >= 4 is 5.91 Å². The van der Waals surface area contributed by atoms with Crippen LogP contribution in [0, 0.1) is 0 Å². The first-order chi connectivity index (χ1) is 18.8. The summed E-state index contributed by atoms with van der Waals surface area (Å²) in [5, 5.41) is 11.0.